The molecule has 2 heterocycles. The van der Waals surface area contributed by atoms with E-state index in [1.54, 1.807) is 6.92 Å². The first-order chi connectivity index (χ1) is 8.63. The Morgan fingerprint density at radius 2 is 2.17 bits per heavy atom. The lowest BCUT2D eigenvalue weighted by atomic mass is 10.1. The number of hydrogen-bond acceptors (Lipinski definition) is 4. The fourth-order valence-electron chi connectivity index (χ4n) is 2.12. The molecule has 3 rings (SSSR count). The van der Waals surface area contributed by atoms with E-state index in [1.807, 2.05) is 0 Å². The summed E-state index contributed by atoms with van der Waals surface area (Å²) in [6.07, 6.45) is 1.60. The van der Waals surface area contributed by atoms with Crippen molar-refractivity contribution in [3.8, 4) is 0 Å². The number of aromatic nitrogens is 3. The summed E-state index contributed by atoms with van der Waals surface area (Å²) in [5.74, 6) is -1.45. The molecule has 1 aromatic carbocycles. The van der Waals surface area contributed by atoms with Crippen LogP contribution in [0.15, 0.2) is 20.3 Å². The summed E-state index contributed by atoms with van der Waals surface area (Å²) in [6, 6.07) is 0. The van der Waals surface area contributed by atoms with Crippen molar-refractivity contribution in [3.63, 3.8) is 0 Å². The van der Waals surface area contributed by atoms with E-state index < -0.39 is 17.2 Å². The van der Waals surface area contributed by atoms with E-state index in [2.05, 4.69) is 19.4 Å². The third-order valence-electron chi connectivity index (χ3n) is 2.88. The Kier molecular flexibility index (Phi) is 2.09. The Morgan fingerprint density at radius 3 is 2.89 bits per heavy atom. The number of nitrogens with one attached hydrogen (secondary N) is 2. The number of nitrogens with zero attached hydrogens (tertiary/aromatic N) is 1. The van der Waals surface area contributed by atoms with Crippen LogP contribution in [0.4, 0.5) is 4.39 Å². The van der Waals surface area contributed by atoms with Gasteiger partial charge in [-0.2, -0.15) is 0 Å². The summed E-state index contributed by atoms with van der Waals surface area (Å²) in [5, 5.41) is 0.0475. The average molecular weight is 249 g/mol. The average Bonchev–Trinajstić information content (AvgIpc) is 2.80. The van der Waals surface area contributed by atoms with Crippen molar-refractivity contribution in [1.29, 1.82) is 0 Å². The third kappa shape index (κ3) is 1.24. The highest BCUT2D eigenvalue weighted by atomic mass is 19.1. The molecule has 92 valence electrons. The number of H-pyrrole nitrogens is 2. The van der Waals surface area contributed by atoms with Crippen LogP contribution < -0.4 is 11.4 Å². The van der Waals surface area contributed by atoms with Crippen LogP contribution in [0.5, 0.6) is 0 Å². The molecule has 0 amide bonds. The van der Waals surface area contributed by atoms with Crippen LogP contribution in [-0.2, 0) is 6.42 Å². The smallest absolute Gasteiger partial charge is 0.372 e. The molecule has 0 unspecified atom stereocenters. The Balaban J connectivity index is 2.76. The van der Waals surface area contributed by atoms with Gasteiger partial charge in [-0.25, -0.2) is 19.0 Å². The molecule has 0 aliphatic heterocycles. The van der Waals surface area contributed by atoms with Crippen LogP contribution >= 0.6 is 0 Å². The Bertz CT molecular complexity index is 875. The number of aromatic amines is 2. The van der Waals surface area contributed by atoms with Crippen LogP contribution in [0, 0.1) is 5.82 Å². The minimum atomic E-state index is -0.878. The van der Waals surface area contributed by atoms with E-state index in [1.165, 1.54) is 6.33 Å². The molecule has 0 spiro atoms. The predicted octanol–water partition coefficient (Wildman–Crippen LogP) is 1.06. The number of benzene rings is 1. The Morgan fingerprint density at radius 1 is 1.39 bits per heavy atom. The SMILES string of the molecule is CCc1c(F)c2nc[nH]c2c2[nH]c(=O)oc(=O)c12. The van der Waals surface area contributed by atoms with Gasteiger partial charge in [-0.05, 0) is 6.42 Å². The number of rotatable bonds is 1. The van der Waals surface area contributed by atoms with E-state index >= 15 is 0 Å². The van der Waals surface area contributed by atoms with Gasteiger partial charge in [0.1, 0.15) is 5.52 Å². The highest BCUT2D eigenvalue weighted by molar-refractivity contribution is 6.02. The predicted molar refractivity (Wildman–Crippen MR) is 62.1 cm³/mol. The molecule has 6 nitrogen and oxygen atoms in total. The van der Waals surface area contributed by atoms with Gasteiger partial charge >= 0.3 is 11.4 Å². The molecular formula is C11H8FN3O3. The fourth-order valence-corrected chi connectivity index (χ4v) is 2.12. The molecular weight excluding hydrogens is 241 g/mol. The maximum Gasteiger partial charge on any atom is 0.419 e. The van der Waals surface area contributed by atoms with Gasteiger partial charge in [0.05, 0.1) is 22.7 Å². The normalized spacial score (nSPS) is 11.4. The molecule has 0 saturated heterocycles. The van der Waals surface area contributed by atoms with Gasteiger partial charge in [-0.15, -0.1) is 0 Å². The fraction of sp³-hybridized carbons (Fsp3) is 0.182. The van der Waals surface area contributed by atoms with Crippen LogP contribution in [0.25, 0.3) is 21.9 Å². The first kappa shape index (κ1) is 10.7. The van der Waals surface area contributed by atoms with Gasteiger partial charge in [0, 0.05) is 5.56 Å². The lowest BCUT2D eigenvalue weighted by molar-refractivity contribution is 0.459. The molecule has 0 atom stereocenters. The number of halogens is 1. The van der Waals surface area contributed by atoms with Crippen LogP contribution in [0.1, 0.15) is 12.5 Å². The largest absolute Gasteiger partial charge is 0.419 e. The van der Waals surface area contributed by atoms with Gasteiger partial charge in [0.25, 0.3) is 0 Å². The van der Waals surface area contributed by atoms with E-state index in [4.69, 9.17) is 0 Å². The first-order valence-corrected chi connectivity index (χ1v) is 5.34. The maximum atomic E-state index is 14.2. The van der Waals surface area contributed by atoms with Crippen LogP contribution in [0.3, 0.4) is 0 Å². The van der Waals surface area contributed by atoms with Crippen LogP contribution in [0.2, 0.25) is 0 Å². The lowest BCUT2D eigenvalue weighted by Crippen LogP contribution is -2.16. The summed E-state index contributed by atoms with van der Waals surface area (Å²) in [5.41, 5.74) is -0.0529. The molecule has 3 aromatic rings. The van der Waals surface area contributed by atoms with Crippen LogP contribution in [-0.4, -0.2) is 15.0 Å². The highest BCUT2D eigenvalue weighted by Gasteiger charge is 2.19. The molecule has 2 N–H and O–H groups in total. The number of aryl methyl sites for hydroxylation is 1. The molecule has 0 bridgehead atoms. The minimum absolute atomic E-state index is 0.0475. The van der Waals surface area contributed by atoms with Crippen molar-refractivity contribution in [1.82, 2.24) is 15.0 Å². The zero-order chi connectivity index (χ0) is 12.9. The van der Waals surface area contributed by atoms with Gasteiger partial charge in [-0.3, -0.25) is 4.98 Å². The van der Waals surface area contributed by atoms with E-state index in [-0.39, 0.29) is 27.5 Å². The topological polar surface area (TPSA) is 91.8 Å². The summed E-state index contributed by atoms with van der Waals surface area (Å²) in [7, 11) is 0. The Hall–Kier alpha value is -2.44. The second kappa shape index (κ2) is 3.52. The third-order valence-corrected chi connectivity index (χ3v) is 2.88. The van der Waals surface area contributed by atoms with Gasteiger partial charge in [0.15, 0.2) is 5.82 Å². The molecule has 2 aromatic heterocycles. The summed E-state index contributed by atoms with van der Waals surface area (Å²) in [4.78, 5) is 31.9. The molecule has 0 aliphatic rings. The van der Waals surface area contributed by atoms with Crippen molar-refractivity contribution in [2.24, 2.45) is 0 Å². The highest BCUT2D eigenvalue weighted by Crippen LogP contribution is 2.26. The molecule has 18 heavy (non-hydrogen) atoms. The summed E-state index contributed by atoms with van der Waals surface area (Å²) in [6.45, 7) is 1.71. The molecule has 0 fully saturated rings. The van der Waals surface area contributed by atoms with E-state index in [0.717, 1.165) is 0 Å². The van der Waals surface area contributed by atoms with E-state index in [0.29, 0.717) is 6.42 Å². The monoisotopic (exact) mass is 249 g/mol. The number of imidazole rings is 1. The van der Waals surface area contributed by atoms with Gasteiger partial charge < -0.3 is 9.40 Å². The van der Waals surface area contributed by atoms with Gasteiger partial charge in [-0.1, -0.05) is 6.92 Å². The summed E-state index contributed by atoms with van der Waals surface area (Å²) < 4.78 is 18.6. The number of fused-ring (bicyclic) bond motifs is 3. The second-order valence-electron chi connectivity index (χ2n) is 3.82. The number of hydrogen-bond donors (Lipinski definition) is 2. The first-order valence-electron chi connectivity index (χ1n) is 5.34. The molecule has 0 saturated carbocycles. The molecule has 0 aliphatic carbocycles. The van der Waals surface area contributed by atoms with Crippen molar-refractivity contribution in [2.75, 3.05) is 0 Å². The zero-order valence-corrected chi connectivity index (χ0v) is 9.33. The van der Waals surface area contributed by atoms with Gasteiger partial charge in [0.2, 0.25) is 0 Å². The Labute approximate surface area is 98.5 Å². The van der Waals surface area contributed by atoms with E-state index in [9.17, 15) is 14.0 Å². The molecule has 0 radical (unpaired) electrons. The lowest BCUT2D eigenvalue weighted by Gasteiger charge is -2.05. The molecule has 7 heteroatoms. The van der Waals surface area contributed by atoms with Crippen molar-refractivity contribution in [2.45, 2.75) is 13.3 Å². The second-order valence-corrected chi connectivity index (χ2v) is 3.82. The van der Waals surface area contributed by atoms with Crippen molar-refractivity contribution in [3.05, 3.63) is 38.7 Å². The minimum Gasteiger partial charge on any atom is -0.372 e. The quantitative estimate of drug-likeness (QED) is 0.674. The van der Waals surface area contributed by atoms with Crippen molar-refractivity contribution >= 4 is 21.9 Å². The maximum absolute atomic E-state index is 14.2. The van der Waals surface area contributed by atoms with Crippen molar-refractivity contribution < 1.29 is 8.81 Å². The summed E-state index contributed by atoms with van der Waals surface area (Å²) >= 11 is 0. The zero-order valence-electron chi connectivity index (χ0n) is 9.33. The standard InChI is InChI=1S/C11H8FN3O3/c1-2-4-5-7(15-11(17)18-10(5)16)9-8(6(4)12)13-3-14-9/h3H,2H2,1H3,(H,13,14)(H,15,17).